The van der Waals surface area contributed by atoms with Crippen LogP contribution in [-0.4, -0.2) is 25.5 Å². The SMILES string of the molecule is COc1cc(/C=C(\C#N)C(=O)Nc2ccc(C)cc2C)cc(I)c1OCC(=O)Nc1ccc(Cl)cc1. The Balaban J connectivity index is 1.74. The van der Waals surface area contributed by atoms with Crippen molar-refractivity contribution >= 4 is 63.5 Å². The number of hydrogen-bond donors (Lipinski definition) is 2. The van der Waals surface area contributed by atoms with E-state index in [4.69, 9.17) is 21.1 Å². The Hall–Kier alpha value is -3.55. The molecule has 0 fully saturated rings. The average Bonchev–Trinajstić information content (AvgIpc) is 2.84. The van der Waals surface area contributed by atoms with E-state index in [1.54, 1.807) is 42.5 Å². The van der Waals surface area contributed by atoms with E-state index in [0.717, 1.165) is 11.1 Å². The quantitative estimate of drug-likeness (QED) is 0.180. The summed E-state index contributed by atoms with van der Waals surface area (Å²) in [5.41, 5.74) is 3.72. The lowest BCUT2D eigenvalue weighted by Crippen LogP contribution is -2.20. The minimum atomic E-state index is -0.516. The highest BCUT2D eigenvalue weighted by Gasteiger charge is 2.16. The fourth-order valence-electron chi connectivity index (χ4n) is 3.29. The number of carbonyl (C=O) groups excluding carboxylic acids is 2. The monoisotopic (exact) mass is 615 g/mol. The van der Waals surface area contributed by atoms with Crippen LogP contribution in [0.1, 0.15) is 16.7 Å². The van der Waals surface area contributed by atoms with Crippen LogP contribution in [0.2, 0.25) is 5.02 Å². The molecule has 0 bridgehead atoms. The van der Waals surface area contributed by atoms with Crippen molar-refractivity contribution in [3.8, 4) is 17.6 Å². The van der Waals surface area contributed by atoms with Gasteiger partial charge in [0, 0.05) is 16.4 Å². The number of carbonyl (C=O) groups is 2. The number of methoxy groups -OCH3 is 1. The van der Waals surface area contributed by atoms with E-state index in [9.17, 15) is 14.9 Å². The van der Waals surface area contributed by atoms with E-state index in [0.29, 0.717) is 37.0 Å². The van der Waals surface area contributed by atoms with Gasteiger partial charge < -0.3 is 20.1 Å². The van der Waals surface area contributed by atoms with Crippen molar-refractivity contribution in [3.63, 3.8) is 0 Å². The standard InChI is InChI=1S/C27H23ClIN3O4/c1-16-4-9-23(17(2)10-16)32-27(34)19(14-30)11-18-12-22(29)26(24(13-18)35-3)36-15-25(33)31-21-7-5-20(28)6-8-21/h4-13H,15H2,1-3H3,(H,31,33)(H,32,34)/b19-11+. The molecule has 184 valence electrons. The van der Waals surface area contributed by atoms with Gasteiger partial charge in [-0.05, 0) is 96.1 Å². The molecule has 3 aromatic carbocycles. The second kappa shape index (κ2) is 12.4. The molecule has 0 heterocycles. The molecule has 0 aromatic heterocycles. The summed E-state index contributed by atoms with van der Waals surface area (Å²) in [7, 11) is 1.47. The molecule has 7 nitrogen and oxygen atoms in total. The lowest BCUT2D eigenvalue weighted by molar-refractivity contribution is -0.118. The summed E-state index contributed by atoms with van der Waals surface area (Å²) < 4.78 is 11.8. The van der Waals surface area contributed by atoms with Crippen LogP contribution in [0, 0.1) is 28.7 Å². The van der Waals surface area contributed by atoms with Gasteiger partial charge in [0.25, 0.3) is 11.8 Å². The van der Waals surface area contributed by atoms with Crippen molar-refractivity contribution in [2.75, 3.05) is 24.4 Å². The van der Waals surface area contributed by atoms with Crippen molar-refractivity contribution in [2.45, 2.75) is 13.8 Å². The fourth-order valence-corrected chi connectivity index (χ4v) is 4.20. The molecule has 0 radical (unpaired) electrons. The Kier molecular flexibility index (Phi) is 9.33. The van der Waals surface area contributed by atoms with E-state index < -0.39 is 5.91 Å². The van der Waals surface area contributed by atoms with Gasteiger partial charge in [-0.1, -0.05) is 29.3 Å². The van der Waals surface area contributed by atoms with Crippen molar-refractivity contribution in [1.82, 2.24) is 0 Å². The number of benzene rings is 3. The topological polar surface area (TPSA) is 100 Å². The van der Waals surface area contributed by atoms with Crippen molar-refractivity contribution in [1.29, 1.82) is 5.26 Å². The van der Waals surface area contributed by atoms with Gasteiger partial charge in [-0.2, -0.15) is 5.26 Å². The van der Waals surface area contributed by atoms with Crippen molar-refractivity contribution in [2.24, 2.45) is 0 Å². The first kappa shape index (κ1) is 27.0. The first-order valence-electron chi connectivity index (χ1n) is 10.8. The van der Waals surface area contributed by atoms with E-state index >= 15 is 0 Å². The van der Waals surface area contributed by atoms with Gasteiger partial charge in [-0.15, -0.1) is 0 Å². The number of amides is 2. The Labute approximate surface area is 228 Å². The molecule has 0 spiro atoms. The number of nitrogens with zero attached hydrogens (tertiary/aromatic N) is 1. The van der Waals surface area contributed by atoms with Gasteiger partial charge in [0.15, 0.2) is 18.1 Å². The molecule has 2 N–H and O–H groups in total. The maximum Gasteiger partial charge on any atom is 0.266 e. The zero-order valence-corrected chi connectivity index (χ0v) is 22.7. The molecule has 0 saturated carbocycles. The summed E-state index contributed by atoms with van der Waals surface area (Å²) in [5.74, 6) is -0.133. The van der Waals surface area contributed by atoms with E-state index in [-0.39, 0.29) is 18.1 Å². The summed E-state index contributed by atoms with van der Waals surface area (Å²) >= 11 is 7.91. The van der Waals surface area contributed by atoms with Crippen LogP contribution in [0.5, 0.6) is 11.5 Å². The first-order chi connectivity index (χ1) is 17.2. The van der Waals surface area contributed by atoms with Gasteiger partial charge in [0.1, 0.15) is 11.6 Å². The highest BCUT2D eigenvalue weighted by molar-refractivity contribution is 14.1. The number of nitrogens with one attached hydrogen (secondary N) is 2. The molecular weight excluding hydrogens is 593 g/mol. The van der Waals surface area contributed by atoms with Gasteiger partial charge in [0.2, 0.25) is 0 Å². The normalized spacial score (nSPS) is 10.8. The summed E-state index contributed by atoms with van der Waals surface area (Å²) in [6, 6.07) is 17.7. The number of rotatable bonds is 8. The number of anilines is 2. The molecule has 0 saturated heterocycles. The number of hydrogen-bond acceptors (Lipinski definition) is 5. The highest BCUT2D eigenvalue weighted by Crippen LogP contribution is 2.34. The summed E-state index contributed by atoms with van der Waals surface area (Å²) in [6.07, 6.45) is 1.47. The third-order valence-corrected chi connectivity index (χ3v) is 6.09. The third-order valence-electron chi connectivity index (χ3n) is 5.03. The molecule has 0 atom stereocenters. The largest absolute Gasteiger partial charge is 0.493 e. The lowest BCUT2D eigenvalue weighted by Gasteiger charge is -2.14. The smallest absolute Gasteiger partial charge is 0.266 e. The molecule has 36 heavy (non-hydrogen) atoms. The molecule has 0 aliphatic carbocycles. The second-order valence-corrected chi connectivity index (χ2v) is 9.42. The van der Waals surface area contributed by atoms with Crippen molar-refractivity contribution in [3.05, 3.63) is 85.5 Å². The minimum Gasteiger partial charge on any atom is -0.493 e. The summed E-state index contributed by atoms with van der Waals surface area (Å²) in [6.45, 7) is 3.61. The van der Waals surface area contributed by atoms with Crippen LogP contribution in [0.3, 0.4) is 0 Å². The van der Waals surface area contributed by atoms with E-state index in [1.807, 2.05) is 54.6 Å². The summed E-state index contributed by atoms with van der Waals surface area (Å²) in [4.78, 5) is 25.0. The Morgan fingerprint density at radius 1 is 1.08 bits per heavy atom. The second-order valence-electron chi connectivity index (χ2n) is 7.82. The Morgan fingerprint density at radius 3 is 2.44 bits per heavy atom. The van der Waals surface area contributed by atoms with Crippen LogP contribution in [0.25, 0.3) is 6.08 Å². The Morgan fingerprint density at radius 2 is 1.81 bits per heavy atom. The predicted octanol–water partition coefficient (Wildman–Crippen LogP) is 6.13. The van der Waals surface area contributed by atoms with Crippen LogP contribution in [-0.2, 0) is 9.59 Å². The molecule has 3 aromatic rings. The number of halogens is 2. The summed E-state index contributed by atoms with van der Waals surface area (Å²) in [5, 5.41) is 15.7. The van der Waals surface area contributed by atoms with Gasteiger partial charge in [-0.25, -0.2) is 0 Å². The van der Waals surface area contributed by atoms with Gasteiger partial charge in [0.05, 0.1) is 10.7 Å². The molecule has 9 heteroatoms. The number of ether oxygens (including phenoxy) is 2. The molecule has 0 unspecified atom stereocenters. The van der Waals surface area contributed by atoms with Crippen molar-refractivity contribution < 1.29 is 19.1 Å². The van der Waals surface area contributed by atoms with Crippen LogP contribution in [0.15, 0.2) is 60.2 Å². The zero-order chi connectivity index (χ0) is 26.2. The molecule has 0 aliphatic heterocycles. The minimum absolute atomic E-state index is 0.0659. The highest BCUT2D eigenvalue weighted by atomic mass is 127. The third kappa shape index (κ3) is 7.23. The van der Waals surface area contributed by atoms with E-state index in [1.165, 1.54) is 13.2 Å². The van der Waals surface area contributed by atoms with Crippen LogP contribution in [0.4, 0.5) is 11.4 Å². The maximum absolute atomic E-state index is 12.7. The lowest BCUT2D eigenvalue weighted by atomic mass is 10.1. The first-order valence-corrected chi connectivity index (χ1v) is 12.2. The van der Waals surface area contributed by atoms with E-state index in [2.05, 4.69) is 10.6 Å². The average molecular weight is 616 g/mol. The Bertz CT molecular complexity index is 1360. The van der Waals surface area contributed by atoms with Crippen LogP contribution >= 0.6 is 34.2 Å². The predicted molar refractivity (Wildman–Crippen MR) is 149 cm³/mol. The molecule has 3 rings (SSSR count). The number of nitriles is 1. The maximum atomic E-state index is 12.7. The van der Waals surface area contributed by atoms with Gasteiger partial charge >= 0.3 is 0 Å². The zero-order valence-electron chi connectivity index (χ0n) is 19.8. The molecule has 0 aliphatic rings. The van der Waals surface area contributed by atoms with Gasteiger partial charge in [-0.3, -0.25) is 9.59 Å². The number of aryl methyl sites for hydroxylation is 2. The van der Waals surface area contributed by atoms with Crippen LogP contribution < -0.4 is 20.1 Å². The molecule has 2 amide bonds. The molecular formula is C27H23ClIN3O4. The fraction of sp³-hybridized carbons (Fsp3) is 0.148.